The Morgan fingerprint density at radius 1 is 0.973 bits per heavy atom. The lowest BCUT2D eigenvalue weighted by Crippen LogP contribution is -2.47. The molecule has 192 valence electrons. The van der Waals surface area contributed by atoms with Crippen LogP contribution in [0.5, 0.6) is 0 Å². The summed E-state index contributed by atoms with van der Waals surface area (Å²) in [6, 6.07) is 22.3. The first-order chi connectivity index (χ1) is 17.8. The van der Waals surface area contributed by atoms with Gasteiger partial charge >= 0.3 is 6.03 Å². The third-order valence-corrected chi connectivity index (χ3v) is 6.81. The summed E-state index contributed by atoms with van der Waals surface area (Å²) in [5.74, 6) is -0.130. The molecule has 37 heavy (non-hydrogen) atoms. The number of nitrogens with zero attached hydrogens (tertiary/aromatic N) is 2. The fraction of sp³-hybridized carbons (Fsp3) is 0.241. The van der Waals surface area contributed by atoms with E-state index in [2.05, 4.69) is 16.4 Å². The lowest BCUT2D eigenvalue weighted by molar-refractivity contribution is -0.132. The Bertz CT molecular complexity index is 1370. The van der Waals surface area contributed by atoms with E-state index in [1.54, 1.807) is 18.2 Å². The van der Waals surface area contributed by atoms with Gasteiger partial charge in [-0.25, -0.2) is 4.79 Å². The number of nitrogens with one attached hydrogen (secondary N) is 2. The van der Waals surface area contributed by atoms with Crippen LogP contribution in [0.1, 0.15) is 25.0 Å². The lowest BCUT2D eigenvalue weighted by atomic mass is 10.1. The van der Waals surface area contributed by atoms with Gasteiger partial charge in [-0.2, -0.15) is 0 Å². The Kier molecular flexibility index (Phi) is 8.74. The van der Waals surface area contributed by atoms with Gasteiger partial charge < -0.3 is 20.1 Å². The van der Waals surface area contributed by atoms with Crippen LogP contribution >= 0.6 is 23.2 Å². The van der Waals surface area contributed by atoms with Crippen molar-refractivity contribution in [3.8, 4) is 0 Å². The van der Waals surface area contributed by atoms with Crippen molar-refractivity contribution in [2.75, 3.05) is 18.4 Å². The van der Waals surface area contributed by atoms with E-state index in [4.69, 9.17) is 23.2 Å². The van der Waals surface area contributed by atoms with E-state index in [9.17, 15) is 9.59 Å². The Morgan fingerprint density at radius 2 is 1.70 bits per heavy atom. The number of aromatic nitrogens is 1. The third-order valence-electron chi connectivity index (χ3n) is 6.26. The number of urea groups is 1. The standard InChI is InChI=1S/C29H30Cl2N4O2/c1-20(2)35(29(37)33-27-13-12-23(30)16-25(27)31)19-28(36)34(18-21-8-4-3-5-9-21)15-14-22-17-32-26-11-7-6-10-24(22)26/h3-13,16-17,20,32H,14-15,18-19H2,1-2H3,(H,33,37). The summed E-state index contributed by atoms with van der Waals surface area (Å²) < 4.78 is 0. The number of halogens is 2. The first-order valence-electron chi connectivity index (χ1n) is 12.2. The number of amides is 3. The topological polar surface area (TPSA) is 68.4 Å². The van der Waals surface area contributed by atoms with Gasteiger partial charge in [0.1, 0.15) is 6.54 Å². The molecular weight excluding hydrogens is 507 g/mol. The fourth-order valence-corrected chi connectivity index (χ4v) is 4.66. The molecule has 0 aliphatic rings. The molecule has 0 atom stereocenters. The van der Waals surface area contributed by atoms with E-state index in [0.29, 0.717) is 35.2 Å². The van der Waals surface area contributed by atoms with E-state index in [0.717, 1.165) is 22.0 Å². The van der Waals surface area contributed by atoms with Crippen molar-refractivity contribution >= 4 is 51.7 Å². The first kappa shape index (κ1) is 26.6. The molecule has 0 radical (unpaired) electrons. The van der Waals surface area contributed by atoms with Crippen molar-refractivity contribution in [2.24, 2.45) is 0 Å². The molecule has 0 saturated heterocycles. The minimum atomic E-state index is -0.399. The molecule has 0 bridgehead atoms. The Labute approximate surface area is 227 Å². The van der Waals surface area contributed by atoms with Crippen LogP contribution in [0, 0.1) is 0 Å². The van der Waals surface area contributed by atoms with Crippen molar-refractivity contribution in [3.63, 3.8) is 0 Å². The van der Waals surface area contributed by atoms with Crippen molar-refractivity contribution in [2.45, 2.75) is 32.9 Å². The summed E-state index contributed by atoms with van der Waals surface area (Å²) in [5, 5.41) is 4.77. The van der Waals surface area contributed by atoms with Gasteiger partial charge in [0.2, 0.25) is 5.91 Å². The number of rotatable bonds is 9. The van der Waals surface area contributed by atoms with Crippen molar-refractivity contribution in [1.82, 2.24) is 14.8 Å². The van der Waals surface area contributed by atoms with Crippen LogP contribution in [0.2, 0.25) is 10.0 Å². The minimum absolute atomic E-state index is 0.0601. The van der Waals surface area contributed by atoms with Crippen LogP contribution in [-0.2, 0) is 17.8 Å². The molecule has 0 fully saturated rings. The molecule has 4 rings (SSSR count). The monoisotopic (exact) mass is 536 g/mol. The molecule has 1 aromatic heterocycles. The van der Waals surface area contributed by atoms with E-state index in [-0.39, 0.29) is 18.5 Å². The highest BCUT2D eigenvalue weighted by molar-refractivity contribution is 6.36. The number of carbonyl (C=O) groups excluding carboxylic acids is 2. The third kappa shape index (κ3) is 6.85. The number of aromatic amines is 1. The zero-order valence-corrected chi connectivity index (χ0v) is 22.4. The summed E-state index contributed by atoms with van der Waals surface area (Å²) in [6.45, 7) is 4.67. The number of para-hydroxylation sites is 1. The molecule has 0 spiro atoms. The van der Waals surface area contributed by atoms with Gasteiger partial charge in [-0.15, -0.1) is 0 Å². The molecule has 3 amide bonds. The average Bonchev–Trinajstić information content (AvgIpc) is 3.30. The fourth-order valence-electron chi connectivity index (χ4n) is 4.20. The summed E-state index contributed by atoms with van der Waals surface area (Å²) in [5.41, 5.74) is 3.69. The Morgan fingerprint density at radius 3 is 2.43 bits per heavy atom. The number of carbonyl (C=O) groups is 2. The molecule has 0 saturated carbocycles. The second-order valence-corrected chi connectivity index (χ2v) is 10.0. The maximum Gasteiger partial charge on any atom is 0.322 e. The molecular formula is C29H30Cl2N4O2. The maximum atomic E-state index is 13.6. The zero-order chi connectivity index (χ0) is 26.4. The molecule has 3 aromatic carbocycles. The summed E-state index contributed by atoms with van der Waals surface area (Å²) >= 11 is 12.2. The lowest BCUT2D eigenvalue weighted by Gasteiger charge is -2.30. The number of benzene rings is 3. The molecule has 4 aromatic rings. The summed E-state index contributed by atoms with van der Waals surface area (Å²) in [4.78, 5) is 33.4. The number of hydrogen-bond acceptors (Lipinski definition) is 2. The minimum Gasteiger partial charge on any atom is -0.361 e. The number of H-pyrrole nitrogens is 1. The first-order valence-corrected chi connectivity index (χ1v) is 13.0. The van der Waals surface area contributed by atoms with Crippen molar-refractivity contribution < 1.29 is 9.59 Å². The SMILES string of the molecule is CC(C)N(CC(=O)N(CCc1c[nH]c2ccccc12)Cc1ccccc1)C(=O)Nc1ccc(Cl)cc1Cl. The van der Waals surface area contributed by atoms with Crippen LogP contribution < -0.4 is 5.32 Å². The molecule has 6 nitrogen and oxygen atoms in total. The predicted molar refractivity (Wildman–Crippen MR) is 151 cm³/mol. The van der Waals surface area contributed by atoms with Gasteiger partial charge in [-0.05, 0) is 55.7 Å². The molecule has 2 N–H and O–H groups in total. The van der Waals surface area contributed by atoms with E-state index >= 15 is 0 Å². The predicted octanol–water partition coefficient (Wildman–Crippen LogP) is 6.99. The quantitative estimate of drug-likeness (QED) is 0.242. The Balaban J connectivity index is 1.50. The summed E-state index contributed by atoms with van der Waals surface area (Å²) in [6.07, 6.45) is 2.69. The number of fused-ring (bicyclic) bond motifs is 1. The normalized spacial score (nSPS) is 11.1. The van der Waals surface area contributed by atoms with Crippen LogP contribution in [0.4, 0.5) is 10.5 Å². The van der Waals surface area contributed by atoms with Crippen molar-refractivity contribution in [3.05, 3.63) is 100 Å². The van der Waals surface area contributed by atoms with Crippen LogP contribution in [0.3, 0.4) is 0 Å². The molecule has 8 heteroatoms. The zero-order valence-electron chi connectivity index (χ0n) is 20.9. The second-order valence-electron chi connectivity index (χ2n) is 9.19. The van der Waals surface area contributed by atoms with Gasteiger partial charge in [0.05, 0.1) is 10.7 Å². The van der Waals surface area contributed by atoms with Gasteiger partial charge in [0.25, 0.3) is 0 Å². The van der Waals surface area contributed by atoms with E-state index in [1.807, 2.05) is 73.5 Å². The number of hydrogen-bond donors (Lipinski definition) is 2. The molecule has 0 aliphatic heterocycles. The highest BCUT2D eigenvalue weighted by Gasteiger charge is 2.24. The van der Waals surface area contributed by atoms with E-state index < -0.39 is 6.03 Å². The van der Waals surface area contributed by atoms with Crippen LogP contribution in [0.25, 0.3) is 10.9 Å². The highest BCUT2D eigenvalue weighted by atomic mass is 35.5. The smallest absolute Gasteiger partial charge is 0.322 e. The summed E-state index contributed by atoms with van der Waals surface area (Å²) in [7, 11) is 0. The molecule has 1 heterocycles. The van der Waals surface area contributed by atoms with E-state index in [1.165, 1.54) is 4.90 Å². The molecule has 0 aliphatic carbocycles. The van der Waals surface area contributed by atoms with Gasteiger partial charge in [-0.3, -0.25) is 4.79 Å². The van der Waals surface area contributed by atoms with Crippen LogP contribution in [-0.4, -0.2) is 45.9 Å². The van der Waals surface area contributed by atoms with Crippen molar-refractivity contribution in [1.29, 1.82) is 0 Å². The van der Waals surface area contributed by atoms with Gasteiger partial charge in [0, 0.05) is 41.3 Å². The van der Waals surface area contributed by atoms with Crippen LogP contribution in [0.15, 0.2) is 79.0 Å². The largest absolute Gasteiger partial charge is 0.361 e. The highest BCUT2D eigenvalue weighted by Crippen LogP contribution is 2.26. The average molecular weight is 537 g/mol. The molecule has 0 unspecified atom stereocenters. The maximum absolute atomic E-state index is 13.6. The number of anilines is 1. The Hall–Kier alpha value is -3.48. The van der Waals surface area contributed by atoms with Gasteiger partial charge in [0.15, 0.2) is 0 Å². The van der Waals surface area contributed by atoms with Gasteiger partial charge in [-0.1, -0.05) is 71.7 Å². The second kappa shape index (κ2) is 12.2.